The summed E-state index contributed by atoms with van der Waals surface area (Å²) in [6.45, 7) is 1.44. The van der Waals surface area contributed by atoms with Gasteiger partial charge in [-0.15, -0.1) is 0 Å². The average Bonchev–Trinajstić information content (AvgIpc) is 2.29. The maximum atomic E-state index is 10.7. The second kappa shape index (κ2) is 4.90. The van der Waals surface area contributed by atoms with Crippen LogP contribution in [0.4, 0.5) is 5.69 Å². The van der Waals surface area contributed by atoms with E-state index in [-0.39, 0.29) is 11.3 Å². The number of carbonyl (C=O) groups is 1. The molecule has 0 fully saturated rings. The van der Waals surface area contributed by atoms with E-state index >= 15 is 0 Å². The highest BCUT2D eigenvalue weighted by atomic mass is 16.6. The normalized spacial score (nSPS) is 11.3. The van der Waals surface area contributed by atoms with Crippen LogP contribution in [0.2, 0.25) is 0 Å². The molecule has 6 heteroatoms. The van der Waals surface area contributed by atoms with Gasteiger partial charge in [0.2, 0.25) is 0 Å². The average molecular weight is 232 g/mol. The van der Waals surface area contributed by atoms with Crippen LogP contribution >= 0.6 is 0 Å². The van der Waals surface area contributed by atoms with Gasteiger partial charge < -0.3 is 5.11 Å². The van der Waals surface area contributed by atoms with E-state index in [0.29, 0.717) is 5.56 Å². The Kier molecular flexibility index (Phi) is 3.57. The summed E-state index contributed by atoms with van der Waals surface area (Å²) in [7, 11) is 0. The van der Waals surface area contributed by atoms with Gasteiger partial charge >= 0.3 is 5.97 Å². The third kappa shape index (κ3) is 2.66. The predicted octanol–water partition coefficient (Wildman–Crippen LogP) is 1.98. The van der Waals surface area contributed by atoms with Crippen LogP contribution < -0.4 is 0 Å². The maximum absolute atomic E-state index is 10.7. The summed E-state index contributed by atoms with van der Waals surface area (Å²) in [5, 5.41) is 28.0. The highest BCUT2D eigenvalue weighted by molar-refractivity contribution is 6.00. The predicted molar refractivity (Wildman–Crippen MR) is 58.9 cm³/mol. The Labute approximate surface area is 96.6 Å². The van der Waals surface area contributed by atoms with E-state index < -0.39 is 16.5 Å². The molecule has 6 nitrogen and oxygen atoms in total. The van der Waals surface area contributed by atoms with Crippen LogP contribution in [0.5, 0.6) is 0 Å². The molecule has 0 saturated heterocycles. The van der Waals surface area contributed by atoms with Gasteiger partial charge in [0.15, 0.2) is 0 Å². The zero-order valence-corrected chi connectivity index (χ0v) is 8.88. The van der Waals surface area contributed by atoms with E-state index in [1.165, 1.54) is 31.2 Å². The lowest BCUT2D eigenvalue weighted by Crippen LogP contribution is -2.01. The number of hydrogen-bond donors (Lipinski definition) is 1. The molecule has 0 spiro atoms. The minimum Gasteiger partial charge on any atom is -0.477 e. The van der Waals surface area contributed by atoms with Crippen molar-refractivity contribution >= 4 is 17.2 Å². The van der Waals surface area contributed by atoms with Gasteiger partial charge in [-0.2, -0.15) is 5.26 Å². The lowest BCUT2D eigenvalue weighted by molar-refractivity contribution is -0.384. The lowest BCUT2D eigenvalue weighted by Gasteiger charge is -2.02. The fraction of sp³-hybridized carbons (Fsp3) is 0.0909. The lowest BCUT2D eigenvalue weighted by atomic mass is 10.0. The van der Waals surface area contributed by atoms with E-state index in [0.717, 1.165) is 0 Å². The van der Waals surface area contributed by atoms with Gasteiger partial charge in [-0.1, -0.05) is 12.1 Å². The first kappa shape index (κ1) is 12.4. The van der Waals surface area contributed by atoms with Crippen molar-refractivity contribution in [2.24, 2.45) is 0 Å². The zero-order chi connectivity index (χ0) is 13.0. The van der Waals surface area contributed by atoms with Crippen molar-refractivity contribution in [1.29, 1.82) is 5.26 Å². The molecule has 0 amide bonds. The number of non-ortho nitro benzene ring substituents is 1. The molecule has 0 atom stereocenters. The smallest absolute Gasteiger partial charge is 0.346 e. The molecule has 0 saturated carbocycles. The first-order valence-corrected chi connectivity index (χ1v) is 4.56. The molecule has 0 bridgehead atoms. The van der Waals surface area contributed by atoms with Gasteiger partial charge in [0.25, 0.3) is 5.69 Å². The number of rotatable bonds is 3. The van der Waals surface area contributed by atoms with Gasteiger partial charge in [-0.25, -0.2) is 4.79 Å². The number of nitriles is 1. The summed E-state index contributed by atoms with van der Waals surface area (Å²) in [5.74, 6) is -1.35. The van der Waals surface area contributed by atoms with E-state index in [1.54, 1.807) is 6.07 Å². The minimum absolute atomic E-state index is 0.149. The molecule has 0 aliphatic carbocycles. The number of carboxylic acid groups (broad SMARTS) is 1. The fourth-order valence-electron chi connectivity index (χ4n) is 1.29. The molecule has 1 N–H and O–H groups in total. The molecule has 0 unspecified atom stereocenters. The summed E-state index contributed by atoms with van der Waals surface area (Å²) >= 11 is 0. The Morgan fingerprint density at radius 2 is 2.18 bits per heavy atom. The number of nitro benzene ring substituents is 1. The Bertz CT molecular complexity index is 555. The molecule has 17 heavy (non-hydrogen) atoms. The summed E-state index contributed by atoms with van der Waals surface area (Å²) in [6, 6.07) is 7.04. The molecule has 86 valence electrons. The van der Waals surface area contributed by atoms with Crippen molar-refractivity contribution in [3.63, 3.8) is 0 Å². The van der Waals surface area contributed by atoms with Crippen molar-refractivity contribution in [1.82, 2.24) is 0 Å². The molecule has 1 rings (SSSR count). The molecule has 1 aromatic carbocycles. The van der Waals surface area contributed by atoms with Gasteiger partial charge in [0.05, 0.1) is 4.92 Å². The first-order chi connectivity index (χ1) is 7.97. The van der Waals surface area contributed by atoms with Crippen LogP contribution in [0.1, 0.15) is 12.5 Å². The number of hydrogen-bond acceptors (Lipinski definition) is 4. The Morgan fingerprint density at radius 3 is 2.65 bits per heavy atom. The summed E-state index contributed by atoms with van der Waals surface area (Å²) < 4.78 is 0. The number of aliphatic carboxylic acids is 1. The van der Waals surface area contributed by atoms with Crippen LogP contribution in [0.15, 0.2) is 29.8 Å². The monoisotopic (exact) mass is 232 g/mol. The molecule has 0 radical (unpaired) electrons. The Balaban J connectivity index is 3.35. The molecule has 0 aromatic heterocycles. The summed E-state index contributed by atoms with van der Waals surface area (Å²) in [6.07, 6.45) is 0. The van der Waals surface area contributed by atoms with E-state index in [4.69, 9.17) is 10.4 Å². The molecule has 1 aromatic rings. The standard InChI is InChI=1S/C11H8N2O4/c1-7(10(6-12)11(14)15)8-3-2-4-9(5-8)13(16)17/h2-5H,1H3,(H,14,15)/b10-7-. The third-order valence-corrected chi connectivity index (χ3v) is 2.19. The van der Waals surface area contributed by atoms with Gasteiger partial charge in [-0.05, 0) is 18.1 Å². The second-order valence-electron chi connectivity index (χ2n) is 3.22. The SMILES string of the molecule is C/C(=C(\C#N)C(=O)O)c1cccc([N+](=O)[O-])c1. The zero-order valence-electron chi connectivity index (χ0n) is 8.88. The molecule has 0 aliphatic heterocycles. The minimum atomic E-state index is -1.35. The number of nitro groups is 1. The van der Waals surface area contributed by atoms with E-state index in [2.05, 4.69) is 0 Å². The van der Waals surface area contributed by atoms with Crippen molar-refractivity contribution in [3.05, 3.63) is 45.5 Å². The van der Waals surface area contributed by atoms with Crippen molar-refractivity contribution in [2.75, 3.05) is 0 Å². The molecular weight excluding hydrogens is 224 g/mol. The number of nitrogens with zero attached hydrogens (tertiary/aromatic N) is 2. The molecule has 0 heterocycles. The van der Waals surface area contributed by atoms with Crippen LogP contribution in [-0.2, 0) is 4.79 Å². The van der Waals surface area contributed by atoms with Crippen LogP contribution in [0.3, 0.4) is 0 Å². The topological polar surface area (TPSA) is 104 Å². The Morgan fingerprint density at radius 1 is 1.53 bits per heavy atom. The van der Waals surface area contributed by atoms with Crippen LogP contribution in [0, 0.1) is 21.4 Å². The van der Waals surface area contributed by atoms with Gasteiger partial charge in [0.1, 0.15) is 11.6 Å². The number of allylic oxidation sites excluding steroid dienone is 1. The fourth-order valence-corrected chi connectivity index (χ4v) is 1.29. The number of carboxylic acids is 1. The van der Waals surface area contributed by atoms with E-state index in [9.17, 15) is 14.9 Å². The molecular formula is C11H8N2O4. The van der Waals surface area contributed by atoms with Crippen LogP contribution in [-0.4, -0.2) is 16.0 Å². The largest absolute Gasteiger partial charge is 0.477 e. The summed E-state index contributed by atoms with van der Waals surface area (Å²) in [4.78, 5) is 20.7. The van der Waals surface area contributed by atoms with Crippen molar-refractivity contribution in [3.8, 4) is 6.07 Å². The maximum Gasteiger partial charge on any atom is 0.346 e. The van der Waals surface area contributed by atoms with Gasteiger partial charge in [-0.3, -0.25) is 10.1 Å². The van der Waals surface area contributed by atoms with Gasteiger partial charge in [0, 0.05) is 12.1 Å². The third-order valence-electron chi connectivity index (χ3n) is 2.19. The Hall–Kier alpha value is -2.68. The van der Waals surface area contributed by atoms with Crippen LogP contribution in [0.25, 0.3) is 5.57 Å². The van der Waals surface area contributed by atoms with Crippen molar-refractivity contribution in [2.45, 2.75) is 6.92 Å². The second-order valence-corrected chi connectivity index (χ2v) is 3.22. The van der Waals surface area contributed by atoms with E-state index in [1.807, 2.05) is 0 Å². The quantitative estimate of drug-likeness (QED) is 0.371. The summed E-state index contributed by atoms with van der Waals surface area (Å²) in [5.41, 5.74) is -0.0307. The molecule has 0 aliphatic rings. The highest BCUT2D eigenvalue weighted by Gasteiger charge is 2.14. The first-order valence-electron chi connectivity index (χ1n) is 4.56. The number of benzene rings is 1. The van der Waals surface area contributed by atoms with Crippen molar-refractivity contribution < 1.29 is 14.8 Å². The highest BCUT2D eigenvalue weighted by Crippen LogP contribution is 2.22.